The summed E-state index contributed by atoms with van der Waals surface area (Å²) in [5.41, 5.74) is 2.48. The van der Waals surface area contributed by atoms with E-state index in [4.69, 9.17) is 5.11 Å². The number of aromatic nitrogens is 1. The summed E-state index contributed by atoms with van der Waals surface area (Å²) in [5.74, 6) is 0.317. The van der Waals surface area contributed by atoms with Gasteiger partial charge >= 0.3 is 0 Å². The Hall–Kier alpha value is -2.21. The maximum Gasteiger partial charge on any atom is 0.270 e. The topological polar surface area (TPSA) is 88.3 Å². The van der Waals surface area contributed by atoms with Gasteiger partial charge in [0, 0.05) is 42.1 Å². The van der Waals surface area contributed by atoms with E-state index in [-0.39, 0.29) is 12.3 Å². The average molecular weight is 289 g/mol. The smallest absolute Gasteiger partial charge is 0.270 e. The first-order chi connectivity index (χ1) is 10.0. The number of benzene rings is 1. The van der Waals surface area contributed by atoms with Crippen molar-refractivity contribution in [3.63, 3.8) is 0 Å². The molecule has 1 aromatic carbocycles. The molecule has 0 radical (unpaired) electrons. The molecule has 1 aromatic heterocycles. The number of aliphatic hydroxyl groups is 1. The van der Waals surface area contributed by atoms with Crippen molar-refractivity contribution in [2.24, 2.45) is 5.92 Å². The molecule has 21 heavy (non-hydrogen) atoms. The van der Waals surface area contributed by atoms with E-state index in [9.17, 15) is 10.1 Å². The second kappa shape index (κ2) is 6.49. The molecular formula is C15H19N3O3. The molecule has 6 heteroatoms. The summed E-state index contributed by atoms with van der Waals surface area (Å²) in [4.78, 5) is 14.9. The van der Waals surface area contributed by atoms with Crippen LogP contribution in [0.3, 0.4) is 0 Å². The lowest BCUT2D eigenvalue weighted by Gasteiger charge is -2.14. The predicted octanol–water partition coefficient (Wildman–Crippen LogP) is 2.88. The molecule has 1 atom stereocenters. The van der Waals surface area contributed by atoms with Crippen LogP contribution in [0, 0.1) is 23.0 Å². The van der Waals surface area contributed by atoms with E-state index in [1.807, 2.05) is 19.9 Å². The lowest BCUT2D eigenvalue weighted by atomic mass is 10.1. The third-order valence-corrected chi connectivity index (χ3v) is 3.39. The Kier molecular flexibility index (Phi) is 4.70. The third kappa shape index (κ3) is 3.66. The molecule has 112 valence electrons. The van der Waals surface area contributed by atoms with Gasteiger partial charge in [-0.1, -0.05) is 6.92 Å². The highest BCUT2D eigenvalue weighted by Crippen LogP contribution is 2.27. The number of nitro benzene ring substituents is 1. The summed E-state index contributed by atoms with van der Waals surface area (Å²) in [5, 5.41) is 23.9. The highest BCUT2D eigenvalue weighted by Gasteiger charge is 2.11. The van der Waals surface area contributed by atoms with Crippen LogP contribution >= 0.6 is 0 Å². The van der Waals surface area contributed by atoms with E-state index in [2.05, 4.69) is 10.3 Å². The highest BCUT2D eigenvalue weighted by atomic mass is 16.6. The zero-order valence-electron chi connectivity index (χ0n) is 12.2. The number of rotatable bonds is 6. The highest BCUT2D eigenvalue weighted by molar-refractivity contribution is 5.93. The zero-order chi connectivity index (χ0) is 15.4. The van der Waals surface area contributed by atoms with Gasteiger partial charge in [0.05, 0.1) is 10.4 Å². The van der Waals surface area contributed by atoms with Crippen LogP contribution < -0.4 is 5.32 Å². The van der Waals surface area contributed by atoms with Crippen LogP contribution in [-0.4, -0.2) is 28.2 Å². The number of hydrogen-bond acceptors (Lipinski definition) is 5. The van der Waals surface area contributed by atoms with Gasteiger partial charge in [0.1, 0.15) is 0 Å². The average Bonchev–Trinajstić information content (AvgIpc) is 2.44. The Balaban J connectivity index is 2.36. The van der Waals surface area contributed by atoms with Crippen molar-refractivity contribution in [1.82, 2.24) is 4.98 Å². The SMILES string of the molecule is Cc1cc(NCC(C)CCO)c2cc([N+](=O)[O-])ccc2n1. The minimum atomic E-state index is -0.405. The lowest BCUT2D eigenvalue weighted by Crippen LogP contribution is -2.13. The molecule has 2 rings (SSSR count). The molecule has 0 aliphatic carbocycles. The number of hydrogen-bond donors (Lipinski definition) is 2. The normalized spacial score (nSPS) is 12.3. The van der Waals surface area contributed by atoms with Crippen molar-refractivity contribution in [1.29, 1.82) is 0 Å². The fourth-order valence-electron chi connectivity index (χ4n) is 2.21. The quantitative estimate of drug-likeness (QED) is 0.630. The van der Waals surface area contributed by atoms with Crippen LogP contribution in [0.15, 0.2) is 24.3 Å². The number of nitrogens with zero attached hydrogens (tertiary/aromatic N) is 2. The summed E-state index contributed by atoms with van der Waals surface area (Å²) in [6.07, 6.45) is 0.717. The lowest BCUT2D eigenvalue weighted by molar-refractivity contribution is -0.384. The second-order valence-corrected chi connectivity index (χ2v) is 5.27. The van der Waals surface area contributed by atoms with E-state index < -0.39 is 4.92 Å². The molecule has 6 nitrogen and oxygen atoms in total. The van der Waals surface area contributed by atoms with Crippen molar-refractivity contribution in [3.8, 4) is 0 Å². The van der Waals surface area contributed by atoms with E-state index in [1.165, 1.54) is 6.07 Å². The minimum absolute atomic E-state index is 0.0552. The second-order valence-electron chi connectivity index (χ2n) is 5.27. The molecule has 0 aliphatic rings. The Labute approximate surface area is 123 Å². The van der Waals surface area contributed by atoms with Gasteiger partial charge in [-0.15, -0.1) is 0 Å². The zero-order valence-corrected chi connectivity index (χ0v) is 12.2. The Morgan fingerprint density at radius 2 is 2.19 bits per heavy atom. The molecule has 0 amide bonds. The van der Waals surface area contributed by atoms with Gasteiger partial charge in [-0.2, -0.15) is 0 Å². The van der Waals surface area contributed by atoms with Crippen LogP contribution in [-0.2, 0) is 0 Å². The molecule has 0 bridgehead atoms. The number of aliphatic hydroxyl groups excluding tert-OH is 1. The fourth-order valence-corrected chi connectivity index (χ4v) is 2.21. The van der Waals surface area contributed by atoms with Crippen LogP contribution in [0.25, 0.3) is 10.9 Å². The molecule has 0 aliphatic heterocycles. The summed E-state index contributed by atoms with van der Waals surface area (Å²) < 4.78 is 0. The third-order valence-electron chi connectivity index (χ3n) is 3.39. The predicted molar refractivity (Wildman–Crippen MR) is 82.5 cm³/mol. The molecule has 0 spiro atoms. The van der Waals surface area contributed by atoms with E-state index in [0.29, 0.717) is 12.5 Å². The Morgan fingerprint density at radius 3 is 2.86 bits per heavy atom. The van der Waals surface area contributed by atoms with Crippen molar-refractivity contribution in [2.45, 2.75) is 20.3 Å². The van der Waals surface area contributed by atoms with Crippen molar-refractivity contribution in [3.05, 3.63) is 40.1 Å². The fraction of sp³-hybridized carbons (Fsp3) is 0.400. The minimum Gasteiger partial charge on any atom is -0.396 e. The number of non-ortho nitro benzene ring substituents is 1. The van der Waals surface area contributed by atoms with Crippen molar-refractivity contribution in [2.75, 3.05) is 18.5 Å². The number of nitro groups is 1. The number of pyridine rings is 1. The van der Waals surface area contributed by atoms with Crippen molar-refractivity contribution < 1.29 is 10.0 Å². The van der Waals surface area contributed by atoms with Crippen LogP contribution in [0.1, 0.15) is 19.0 Å². The first-order valence-corrected chi connectivity index (χ1v) is 6.91. The largest absolute Gasteiger partial charge is 0.396 e. The van der Waals surface area contributed by atoms with E-state index in [1.54, 1.807) is 12.1 Å². The first kappa shape index (κ1) is 15.2. The number of fused-ring (bicyclic) bond motifs is 1. The van der Waals surface area contributed by atoms with Crippen LogP contribution in [0.5, 0.6) is 0 Å². The monoisotopic (exact) mass is 289 g/mol. The molecule has 1 heterocycles. The van der Waals surface area contributed by atoms with Gasteiger partial charge in [0.15, 0.2) is 0 Å². The maximum atomic E-state index is 10.9. The Morgan fingerprint density at radius 1 is 1.43 bits per heavy atom. The van der Waals surface area contributed by atoms with Gasteiger partial charge in [-0.25, -0.2) is 0 Å². The first-order valence-electron chi connectivity index (χ1n) is 6.91. The van der Waals surface area contributed by atoms with Crippen molar-refractivity contribution >= 4 is 22.3 Å². The van der Waals surface area contributed by atoms with E-state index in [0.717, 1.165) is 28.7 Å². The van der Waals surface area contributed by atoms with Crippen LogP contribution in [0.4, 0.5) is 11.4 Å². The molecule has 1 unspecified atom stereocenters. The number of aryl methyl sites for hydroxylation is 1. The summed E-state index contributed by atoms with van der Waals surface area (Å²) >= 11 is 0. The summed E-state index contributed by atoms with van der Waals surface area (Å²) in [6, 6.07) is 6.56. The molecule has 0 saturated heterocycles. The van der Waals surface area contributed by atoms with Gasteiger partial charge < -0.3 is 10.4 Å². The maximum absolute atomic E-state index is 10.9. The number of anilines is 1. The number of nitrogens with one attached hydrogen (secondary N) is 1. The molecule has 2 aromatic rings. The summed E-state index contributed by atoms with van der Waals surface area (Å²) in [6.45, 7) is 4.79. The van der Waals surface area contributed by atoms with Gasteiger partial charge in [-0.05, 0) is 31.4 Å². The Bertz CT molecular complexity index is 658. The molecule has 0 saturated carbocycles. The summed E-state index contributed by atoms with van der Waals surface area (Å²) in [7, 11) is 0. The van der Waals surface area contributed by atoms with Crippen LogP contribution in [0.2, 0.25) is 0 Å². The molecular weight excluding hydrogens is 270 g/mol. The standard InChI is InChI=1S/C15H19N3O3/c1-10(5-6-19)9-16-15-7-11(2)17-14-4-3-12(18(20)21)8-13(14)15/h3-4,7-8,10,19H,5-6,9H2,1-2H3,(H,16,17). The van der Waals surface area contributed by atoms with Gasteiger partial charge in [0.25, 0.3) is 5.69 Å². The molecule has 0 fully saturated rings. The molecule has 2 N–H and O–H groups in total. The van der Waals surface area contributed by atoms with E-state index >= 15 is 0 Å². The van der Waals surface area contributed by atoms with Gasteiger partial charge in [-0.3, -0.25) is 15.1 Å². The van der Waals surface area contributed by atoms with Gasteiger partial charge in [0.2, 0.25) is 0 Å².